The minimum Gasteiger partial charge on any atom is -0.496 e. The summed E-state index contributed by atoms with van der Waals surface area (Å²) in [6.07, 6.45) is 2.95. The topological polar surface area (TPSA) is 26.3 Å². The Morgan fingerprint density at radius 1 is 1.36 bits per heavy atom. The molecule has 0 aromatic rings. The van der Waals surface area contributed by atoms with Crippen LogP contribution in [0.3, 0.4) is 0 Å². The number of hydrogen-bond donors (Lipinski definition) is 0. The molecule has 0 atom stereocenters. The van der Waals surface area contributed by atoms with E-state index in [1.165, 1.54) is 26.2 Å². The molecular formula is C9H12O2. The third-order valence-corrected chi connectivity index (χ3v) is 1.25. The van der Waals surface area contributed by atoms with Gasteiger partial charge >= 0.3 is 0 Å². The van der Waals surface area contributed by atoms with Crippen molar-refractivity contribution < 1.29 is 9.53 Å². The van der Waals surface area contributed by atoms with E-state index in [1.54, 1.807) is 0 Å². The Morgan fingerprint density at radius 2 is 1.91 bits per heavy atom. The van der Waals surface area contributed by atoms with Crippen LogP contribution in [0, 0.1) is 0 Å². The van der Waals surface area contributed by atoms with Crippen LogP contribution >= 0.6 is 0 Å². The van der Waals surface area contributed by atoms with Crippen LogP contribution < -0.4 is 0 Å². The first-order valence-corrected chi connectivity index (χ1v) is 3.21. The second-order valence-electron chi connectivity index (χ2n) is 1.95. The fourth-order valence-electron chi connectivity index (χ4n) is 0.721. The maximum atomic E-state index is 10.9. The molecule has 0 rings (SSSR count). The minimum atomic E-state index is -0.0725. The number of rotatable bonds is 4. The minimum absolute atomic E-state index is 0.0725. The van der Waals surface area contributed by atoms with Gasteiger partial charge < -0.3 is 4.74 Å². The van der Waals surface area contributed by atoms with Gasteiger partial charge in [-0.1, -0.05) is 19.2 Å². The Morgan fingerprint density at radius 3 is 2.00 bits per heavy atom. The van der Waals surface area contributed by atoms with Crippen LogP contribution in [-0.2, 0) is 9.53 Å². The molecule has 0 radical (unpaired) electrons. The molecule has 0 aliphatic rings. The Bertz CT molecular complexity index is 212. The lowest BCUT2D eigenvalue weighted by atomic mass is 10.1. The monoisotopic (exact) mass is 152 g/mol. The zero-order chi connectivity index (χ0) is 8.85. The van der Waals surface area contributed by atoms with Crippen molar-refractivity contribution in [1.82, 2.24) is 0 Å². The molecule has 0 saturated heterocycles. The Labute approximate surface area is 66.9 Å². The standard InChI is InChI=1S/C9H12O2/c1-5-8(7(3)10)9(6-2)11-4/h5-6H,1-2H2,3-4H3/b9-8-. The maximum Gasteiger partial charge on any atom is 0.163 e. The number of carbonyl (C=O) groups is 1. The maximum absolute atomic E-state index is 10.9. The van der Waals surface area contributed by atoms with E-state index in [4.69, 9.17) is 4.74 Å². The highest BCUT2D eigenvalue weighted by molar-refractivity contribution is 5.96. The zero-order valence-electron chi connectivity index (χ0n) is 6.89. The van der Waals surface area contributed by atoms with Crippen molar-refractivity contribution in [2.24, 2.45) is 0 Å². The van der Waals surface area contributed by atoms with Crippen molar-refractivity contribution in [2.45, 2.75) is 6.92 Å². The number of allylic oxidation sites excluding steroid dienone is 3. The second-order valence-corrected chi connectivity index (χ2v) is 1.95. The molecule has 2 heteroatoms. The van der Waals surface area contributed by atoms with Gasteiger partial charge in [0.05, 0.1) is 12.7 Å². The molecule has 2 nitrogen and oxygen atoms in total. The van der Waals surface area contributed by atoms with Crippen molar-refractivity contribution in [2.75, 3.05) is 7.11 Å². The lowest BCUT2D eigenvalue weighted by Crippen LogP contribution is -1.98. The average Bonchev–Trinajstić information content (AvgIpc) is 1.99. The molecule has 0 bridgehead atoms. The molecule has 11 heavy (non-hydrogen) atoms. The van der Waals surface area contributed by atoms with E-state index in [-0.39, 0.29) is 5.78 Å². The summed E-state index contributed by atoms with van der Waals surface area (Å²) < 4.78 is 4.88. The SMILES string of the molecule is C=C/C(OC)=C(\C=C)C(C)=O. The van der Waals surface area contributed by atoms with Gasteiger partial charge in [0.2, 0.25) is 0 Å². The van der Waals surface area contributed by atoms with Gasteiger partial charge in [0.25, 0.3) is 0 Å². The molecule has 0 aliphatic heterocycles. The highest BCUT2D eigenvalue weighted by atomic mass is 16.5. The van der Waals surface area contributed by atoms with Crippen LogP contribution in [0.4, 0.5) is 0 Å². The summed E-state index contributed by atoms with van der Waals surface area (Å²) in [4.78, 5) is 10.9. The van der Waals surface area contributed by atoms with E-state index in [2.05, 4.69) is 13.2 Å². The molecule has 0 aromatic heterocycles. The summed E-state index contributed by atoms with van der Waals surface area (Å²) in [7, 11) is 1.49. The van der Waals surface area contributed by atoms with Gasteiger partial charge in [-0.05, 0) is 13.0 Å². The fraction of sp³-hybridized carbons (Fsp3) is 0.222. The smallest absolute Gasteiger partial charge is 0.163 e. The van der Waals surface area contributed by atoms with Crippen molar-refractivity contribution >= 4 is 5.78 Å². The van der Waals surface area contributed by atoms with Gasteiger partial charge in [-0.2, -0.15) is 0 Å². The van der Waals surface area contributed by atoms with Crippen LogP contribution in [0.2, 0.25) is 0 Å². The predicted molar refractivity (Wildman–Crippen MR) is 45.1 cm³/mol. The van der Waals surface area contributed by atoms with Gasteiger partial charge in [0, 0.05) is 0 Å². The first-order valence-electron chi connectivity index (χ1n) is 3.21. The molecular weight excluding hydrogens is 140 g/mol. The predicted octanol–water partition coefficient (Wildman–Crippen LogP) is 1.85. The number of Topliss-reactive ketones (excluding diaryl/α,β-unsaturated/α-hetero) is 1. The van der Waals surface area contributed by atoms with Crippen LogP contribution in [0.5, 0.6) is 0 Å². The number of ketones is 1. The zero-order valence-corrected chi connectivity index (χ0v) is 6.89. The van der Waals surface area contributed by atoms with E-state index in [0.717, 1.165) is 0 Å². The highest BCUT2D eigenvalue weighted by Crippen LogP contribution is 2.08. The van der Waals surface area contributed by atoms with E-state index in [1.807, 2.05) is 0 Å². The molecule has 0 spiro atoms. The summed E-state index contributed by atoms with van der Waals surface area (Å²) >= 11 is 0. The molecule has 0 aliphatic carbocycles. The second kappa shape index (κ2) is 4.50. The van der Waals surface area contributed by atoms with Crippen LogP contribution in [0.15, 0.2) is 36.6 Å². The normalized spacial score (nSPS) is 11.5. The van der Waals surface area contributed by atoms with Crippen molar-refractivity contribution in [3.63, 3.8) is 0 Å². The van der Waals surface area contributed by atoms with E-state index in [9.17, 15) is 4.79 Å². The summed E-state index contributed by atoms with van der Waals surface area (Å²) in [6, 6.07) is 0. The first-order chi connectivity index (χ1) is 5.17. The van der Waals surface area contributed by atoms with Gasteiger partial charge in [-0.15, -0.1) is 0 Å². The van der Waals surface area contributed by atoms with Crippen molar-refractivity contribution in [1.29, 1.82) is 0 Å². The third kappa shape index (κ3) is 2.42. The molecule has 0 fully saturated rings. The van der Waals surface area contributed by atoms with Crippen molar-refractivity contribution in [3.8, 4) is 0 Å². The van der Waals surface area contributed by atoms with Crippen LogP contribution in [0.1, 0.15) is 6.92 Å². The Hall–Kier alpha value is -1.31. The van der Waals surface area contributed by atoms with Crippen LogP contribution in [-0.4, -0.2) is 12.9 Å². The summed E-state index contributed by atoms with van der Waals surface area (Å²) in [5.74, 6) is 0.393. The van der Waals surface area contributed by atoms with Crippen LogP contribution in [0.25, 0.3) is 0 Å². The van der Waals surface area contributed by atoms with E-state index in [0.29, 0.717) is 11.3 Å². The first kappa shape index (κ1) is 9.69. The quantitative estimate of drug-likeness (QED) is 0.349. The van der Waals surface area contributed by atoms with Gasteiger partial charge in [0.1, 0.15) is 5.76 Å². The molecule has 0 saturated carbocycles. The third-order valence-electron chi connectivity index (χ3n) is 1.25. The summed E-state index contributed by atoms with van der Waals surface area (Å²) in [6.45, 7) is 8.45. The van der Waals surface area contributed by atoms with Gasteiger partial charge in [-0.3, -0.25) is 4.79 Å². The van der Waals surface area contributed by atoms with E-state index >= 15 is 0 Å². The number of methoxy groups -OCH3 is 1. The molecule has 60 valence electrons. The van der Waals surface area contributed by atoms with E-state index < -0.39 is 0 Å². The Kier molecular flexibility index (Phi) is 3.96. The average molecular weight is 152 g/mol. The number of ether oxygens (including phenoxy) is 1. The molecule has 0 N–H and O–H groups in total. The van der Waals surface area contributed by atoms with Gasteiger partial charge in [-0.25, -0.2) is 0 Å². The molecule has 0 unspecified atom stereocenters. The summed E-state index contributed by atoms with van der Waals surface area (Å²) in [5.41, 5.74) is 0.461. The lowest BCUT2D eigenvalue weighted by molar-refractivity contribution is -0.113. The highest BCUT2D eigenvalue weighted by Gasteiger charge is 2.04. The van der Waals surface area contributed by atoms with Gasteiger partial charge in [0.15, 0.2) is 5.78 Å². The van der Waals surface area contributed by atoms with Crippen molar-refractivity contribution in [3.05, 3.63) is 36.6 Å². The number of carbonyl (C=O) groups excluding carboxylic acids is 1. The Balaban J connectivity index is 4.92. The largest absolute Gasteiger partial charge is 0.496 e. The fourth-order valence-corrected chi connectivity index (χ4v) is 0.721. The number of hydrogen-bond acceptors (Lipinski definition) is 2. The lowest BCUT2D eigenvalue weighted by Gasteiger charge is -2.03. The molecule has 0 amide bonds. The molecule has 0 aromatic carbocycles. The molecule has 0 heterocycles. The summed E-state index contributed by atoms with van der Waals surface area (Å²) in [5, 5.41) is 0.